The van der Waals surface area contributed by atoms with Crippen molar-refractivity contribution in [2.75, 3.05) is 7.05 Å². The summed E-state index contributed by atoms with van der Waals surface area (Å²) in [4.78, 5) is 18.1. The van der Waals surface area contributed by atoms with Gasteiger partial charge in [-0.25, -0.2) is 9.67 Å². The normalized spacial score (nSPS) is 10.5. The van der Waals surface area contributed by atoms with Gasteiger partial charge in [0.1, 0.15) is 12.7 Å². The van der Waals surface area contributed by atoms with Crippen LogP contribution in [0.2, 0.25) is 0 Å². The summed E-state index contributed by atoms with van der Waals surface area (Å²) >= 11 is 0. The lowest BCUT2D eigenvalue weighted by molar-refractivity contribution is 0.0785. The minimum atomic E-state index is 0.0150. The van der Waals surface area contributed by atoms with E-state index in [4.69, 9.17) is 0 Å². The van der Waals surface area contributed by atoms with Gasteiger partial charge in [-0.05, 0) is 23.3 Å². The number of rotatable bonds is 5. The van der Waals surface area contributed by atoms with Crippen LogP contribution in [-0.4, -0.2) is 32.6 Å². The third-order valence-corrected chi connectivity index (χ3v) is 3.62. The van der Waals surface area contributed by atoms with E-state index in [0.717, 1.165) is 11.1 Å². The van der Waals surface area contributed by atoms with Crippen LogP contribution in [-0.2, 0) is 13.1 Å². The third-order valence-electron chi connectivity index (χ3n) is 3.62. The average Bonchev–Trinajstić information content (AvgIpc) is 3.09. The maximum atomic E-state index is 12.5. The van der Waals surface area contributed by atoms with Crippen molar-refractivity contribution in [3.63, 3.8) is 0 Å². The number of nitrogens with zero attached hydrogens (tertiary/aromatic N) is 4. The first-order chi connectivity index (χ1) is 11.2. The number of aromatic nitrogens is 3. The summed E-state index contributed by atoms with van der Waals surface area (Å²) in [6.07, 6.45) is 3.18. The van der Waals surface area contributed by atoms with Gasteiger partial charge < -0.3 is 4.90 Å². The molecule has 0 aliphatic heterocycles. The molecule has 5 nitrogen and oxygen atoms in total. The van der Waals surface area contributed by atoms with Gasteiger partial charge in [0.2, 0.25) is 0 Å². The number of carbonyl (C=O) groups is 1. The molecule has 3 aromatic rings. The van der Waals surface area contributed by atoms with Gasteiger partial charge >= 0.3 is 0 Å². The van der Waals surface area contributed by atoms with Crippen LogP contribution in [0.3, 0.4) is 0 Å². The van der Waals surface area contributed by atoms with E-state index in [1.54, 1.807) is 15.9 Å². The van der Waals surface area contributed by atoms with E-state index in [1.165, 1.54) is 6.33 Å². The Morgan fingerprint density at radius 3 is 2.43 bits per heavy atom. The molecule has 0 saturated carbocycles. The maximum absolute atomic E-state index is 12.5. The van der Waals surface area contributed by atoms with Crippen LogP contribution in [0, 0.1) is 0 Å². The number of carbonyl (C=O) groups excluding carboxylic acids is 1. The molecule has 3 rings (SSSR count). The predicted molar refractivity (Wildman–Crippen MR) is 87.8 cm³/mol. The first kappa shape index (κ1) is 15.0. The summed E-state index contributed by atoms with van der Waals surface area (Å²) in [5, 5.41) is 4.07. The Kier molecular flexibility index (Phi) is 4.47. The molecule has 1 heterocycles. The quantitative estimate of drug-likeness (QED) is 0.728. The molecule has 0 spiro atoms. The molecule has 1 aromatic heterocycles. The van der Waals surface area contributed by atoms with Crippen LogP contribution in [0.15, 0.2) is 67.3 Å². The highest BCUT2D eigenvalue weighted by atomic mass is 16.2. The molecule has 0 saturated heterocycles. The largest absolute Gasteiger partial charge is 0.337 e. The van der Waals surface area contributed by atoms with Crippen molar-refractivity contribution < 1.29 is 4.79 Å². The molecular formula is C18H18N4O. The summed E-state index contributed by atoms with van der Waals surface area (Å²) in [6.45, 7) is 1.24. The highest BCUT2D eigenvalue weighted by molar-refractivity contribution is 5.94. The smallest absolute Gasteiger partial charge is 0.253 e. The molecule has 2 aromatic carbocycles. The van der Waals surface area contributed by atoms with Crippen LogP contribution in [0.4, 0.5) is 0 Å². The molecule has 0 fully saturated rings. The van der Waals surface area contributed by atoms with Crippen molar-refractivity contribution in [1.82, 2.24) is 19.7 Å². The molecule has 116 valence electrons. The summed E-state index contributed by atoms with van der Waals surface area (Å²) < 4.78 is 1.75. The van der Waals surface area contributed by atoms with E-state index in [0.29, 0.717) is 18.7 Å². The Labute approximate surface area is 135 Å². The molecule has 0 N–H and O–H groups in total. The lowest BCUT2D eigenvalue weighted by Gasteiger charge is -2.17. The van der Waals surface area contributed by atoms with Gasteiger partial charge in [0.15, 0.2) is 0 Å². The van der Waals surface area contributed by atoms with Crippen molar-refractivity contribution in [2.45, 2.75) is 13.1 Å². The second-order valence-corrected chi connectivity index (χ2v) is 5.44. The van der Waals surface area contributed by atoms with Crippen LogP contribution in [0.5, 0.6) is 0 Å². The molecule has 0 aliphatic rings. The van der Waals surface area contributed by atoms with Crippen molar-refractivity contribution in [1.29, 1.82) is 0 Å². The zero-order valence-corrected chi connectivity index (χ0v) is 13.0. The number of hydrogen-bond acceptors (Lipinski definition) is 3. The number of amides is 1. The lowest BCUT2D eigenvalue weighted by Crippen LogP contribution is -2.26. The predicted octanol–water partition coefficient (Wildman–Crippen LogP) is 2.60. The Morgan fingerprint density at radius 2 is 1.78 bits per heavy atom. The zero-order chi connectivity index (χ0) is 16.1. The summed E-state index contributed by atoms with van der Waals surface area (Å²) in [7, 11) is 1.82. The van der Waals surface area contributed by atoms with Crippen molar-refractivity contribution in [3.05, 3.63) is 83.9 Å². The van der Waals surface area contributed by atoms with E-state index < -0.39 is 0 Å². The standard InChI is InChI=1S/C18H18N4O/c1-21(11-15-5-3-2-4-6-15)18(23)17-9-7-16(8-10-17)12-22-14-19-13-20-22/h2-10,13-14H,11-12H2,1H3. The van der Waals surface area contributed by atoms with Gasteiger partial charge in [-0.3, -0.25) is 4.79 Å². The molecular weight excluding hydrogens is 288 g/mol. The summed E-state index contributed by atoms with van der Waals surface area (Å²) in [5.41, 5.74) is 2.88. The second-order valence-electron chi connectivity index (χ2n) is 5.44. The fraction of sp³-hybridized carbons (Fsp3) is 0.167. The molecule has 0 atom stereocenters. The third kappa shape index (κ3) is 3.83. The molecule has 23 heavy (non-hydrogen) atoms. The van der Waals surface area contributed by atoms with E-state index in [9.17, 15) is 4.79 Å². The van der Waals surface area contributed by atoms with Crippen LogP contribution in [0.1, 0.15) is 21.5 Å². The average molecular weight is 306 g/mol. The number of hydrogen-bond donors (Lipinski definition) is 0. The fourth-order valence-corrected chi connectivity index (χ4v) is 2.40. The summed E-state index contributed by atoms with van der Waals surface area (Å²) in [6, 6.07) is 17.6. The minimum Gasteiger partial charge on any atom is -0.337 e. The number of benzene rings is 2. The Morgan fingerprint density at radius 1 is 1.04 bits per heavy atom. The summed E-state index contributed by atoms with van der Waals surface area (Å²) in [5.74, 6) is 0.0150. The van der Waals surface area contributed by atoms with Gasteiger partial charge in [0.05, 0.1) is 6.54 Å². The van der Waals surface area contributed by atoms with Gasteiger partial charge in [-0.15, -0.1) is 0 Å². The van der Waals surface area contributed by atoms with Gasteiger partial charge in [-0.1, -0.05) is 42.5 Å². The van der Waals surface area contributed by atoms with Gasteiger partial charge in [0.25, 0.3) is 5.91 Å². The first-order valence-corrected chi connectivity index (χ1v) is 7.43. The van der Waals surface area contributed by atoms with Crippen LogP contribution >= 0.6 is 0 Å². The maximum Gasteiger partial charge on any atom is 0.253 e. The Balaban J connectivity index is 1.65. The van der Waals surface area contributed by atoms with Crippen molar-refractivity contribution >= 4 is 5.91 Å². The van der Waals surface area contributed by atoms with Crippen molar-refractivity contribution in [3.8, 4) is 0 Å². The topological polar surface area (TPSA) is 51.0 Å². The molecule has 5 heteroatoms. The fourth-order valence-electron chi connectivity index (χ4n) is 2.40. The lowest BCUT2D eigenvalue weighted by atomic mass is 10.1. The van der Waals surface area contributed by atoms with E-state index in [2.05, 4.69) is 10.1 Å². The van der Waals surface area contributed by atoms with Gasteiger partial charge in [0, 0.05) is 19.2 Å². The van der Waals surface area contributed by atoms with Crippen LogP contribution in [0.25, 0.3) is 0 Å². The monoisotopic (exact) mass is 306 g/mol. The molecule has 0 bridgehead atoms. The second kappa shape index (κ2) is 6.87. The Bertz CT molecular complexity index is 751. The SMILES string of the molecule is CN(Cc1ccccc1)C(=O)c1ccc(Cn2cncn2)cc1. The highest BCUT2D eigenvalue weighted by Gasteiger charge is 2.11. The highest BCUT2D eigenvalue weighted by Crippen LogP contribution is 2.10. The minimum absolute atomic E-state index is 0.0150. The molecule has 0 unspecified atom stereocenters. The molecule has 0 radical (unpaired) electrons. The first-order valence-electron chi connectivity index (χ1n) is 7.43. The zero-order valence-electron chi connectivity index (χ0n) is 13.0. The van der Waals surface area contributed by atoms with Crippen LogP contribution < -0.4 is 0 Å². The molecule has 1 amide bonds. The van der Waals surface area contributed by atoms with E-state index in [-0.39, 0.29) is 5.91 Å². The Hall–Kier alpha value is -2.95. The van der Waals surface area contributed by atoms with E-state index in [1.807, 2.05) is 61.6 Å². The van der Waals surface area contributed by atoms with Gasteiger partial charge in [-0.2, -0.15) is 5.10 Å². The van der Waals surface area contributed by atoms with E-state index >= 15 is 0 Å². The molecule has 0 aliphatic carbocycles. The van der Waals surface area contributed by atoms with Crippen molar-refractivity contribution in [2.24, 2.45) is 0 Å².